The molecule has 106 valence electrons. The van der Waals surface area contributed by atoms with Crippen molar-refractivity contribution in [2.75, 3.05) is 11.9 Å². The first kappa shape index (κ1) is 15.9. The highest BCUT2D eigenvalue weighted by Gasteiger charge is 2.20. The van der Waals surface area contributed by atoms with Gasteiger partial charge in [-0.2, -0.15) is 8.78 Å². The van der Waals surface area contributed by atoms with Gasteiger partial charge < -0.3 is 11.1 Å². The van der Waals surface area contributed by atoms with E-state index in [2.05, 4.69) is 5.32 Å². The van der Waals surface area contributed by atoms with E-state index in [1.807, 2.05) is 13.8 Å². The molecule has 0 fully saturated rings. The molecule has 1 rings (SSSR count). The van der Waals surface area contributed by atoms with Gasteiger partial charge in [0.2, 0.25) is 5.91 Å². The molecule has 1 unspecified atom stereocenters. The maximum atomic E-state index is 12.2. The van der Waals surface area contributed by atoms with Crippen LogP contribution in [-0.4, -0.2) is 18.2 Å². The fraction of sp³-hybridized carbons (Fsp3) is 0.462. The third-order valence-corrected chi connectivity index (χ3v) is 3.46. The molecule has 0 spiro atoms. The number of hydrogen-bond donors (Lipinski definition) is 2. The minimum atomic E-state index is -2.44. The smallest absolute Gasteiger partial charge is 0.288 e. The standard InChI is InChI=1S/C13H18F2N2OS/c1-8(2)11(7-16)12(18)17-9-3-5-10(6-4-9)19-13(14)15/h3-6,8,11,13H,7,16H2,1-2H3,(H,17,18). The van der Waals surface area contributed by atoms with Crippen molar-refractivity contribution in [3.63, 3.8) is 0 Å². The molecule has 0 heterocycles. The van der Waals surface area contributed by atoms with E-state index in [1.54, 1.807) is 24.3 Å². The van der Waals surface area contributed by atoms with Crippen LogP contribution >= 0.6 is 11.8 Å². The van der Waals surface area contributed by atoms with Crippen LogP contribution < -0.4 is 11.1 Å². The number of nitrogens with one attached hydrogen (secondary N) is 1. The van der Waals surface area contributed by atoms with E-state index in [9.17, 15) is 13.6 Å². The summed E-state index contributed by atoms with van der Waals surface area (Å²) in [7, 11) is 0. The number of carbonyl (C=O) groups is 1. The largest absolute Gasteiger partial charge is 0.330 e. The number of carbonyl (C=O) groups excluding carboxylic acids is 1. The molecule has 6 heteroatoms. The molecular weight excluding hydrogens is 270 g/mol. The highest BCUT2D eigenvalue weighted by atomic mass is 32.2. The molecule has 0 aliphatic heterocycles. The molecular formula is C13H18F2N2OS. The van der Waals surface area contributed by atoms with E-state index in [0.717, 1.165) is 0 Å². The molecule has 0 radical (unpaired) electrons. The molecule has 3 N–H and O–H groups in total. The van der Waals surface area contributed by atoms with Gasteiger partial charge in [0.15, 0.2) is 0 Å². The molecule has 0 bridgehead atoms. The Labute approximate surface area is 115 Å². The Hall–Kier alpha value is -1.14. The summed E-state index contributed by atoms with van der Waals surface area (Å²) in [5.41, 5.74) is 6.15. The fourth-order valence-corrected chi connectivity index (χ4v) is 2.14. The normalized spacial score (nSPS) is 12.8. The van der Waals surface area contributed by atoms with Gasteiger partial charge in [-0.15, -0.1) is 0 Å². The first-order valence-corrected chi connectivity index (χ1v) is 6.87. The van der Waals surface area contributed by atoms with Crippen LogP contribution in [0.25, 0.3) is 0 Å². The second kappa shape index (κ2) is 7.45. The highest BCUT2D eigenvalue weighted by Crippen LogP contribution is 2.26. The van der Waals surface area contributed by atoms with Crippen LogP contribution in [0.15, 0.2) is 29.2 Å². The average molecular weight is 288 g/mol. The number of alkyl halides is 2. The summed E-state index contributed by atoms with van der Waals surface area (Å²) in [6.45, 7) is 4.14. The number of benzene rings is 1. The van der Waals surface area contributed by atoms with Crippen LogP contribution in [0.5, 0.6) is 0 Å². The van der Waals surface area contributed by atoms with Crippen molar-refractivity contribution in [3.05, 3.63) is 24.3 Å². The minimum Gasteiger partial charge on any atom is -0.330 e. The number of rotatable bonds is 6. The number of nitrogens with two attached hydrogens (primary N) is 1. The number of thioether (sulfide) groups is 1. The number of halogens is 2. The Kier molecular flexibility index (Phi) is 6.24. The van der Waals surface area contributed by atoms with Gasteiger partial charge in [-0.25, -0.2) is 0 Å². The van der Waals surface area contributed by atoms with Crippen molar-refractivity contribution in [2.45, 2.75) is 24.5 Å². The molecule has 0 aliphatic rings. The van der Waals surface area contributed by atoms with Gasteiger partial charge in [-0.3, -0.25) is 4.79 Å². The number of hydrogen-bond acceptors (Lipinski definition) is 3. The van der Waals surface area contributed by atoms with Gasteiger partial charge in [0.05, 0.1) is 5.92 Å². The zero-order chi connectivity index (χ0) is 14.4. The molecule has 1 atom stereocenters. The molecule has 0 aromatic heterocycles. The quantitative estimate of drug-likeness (QED) is 0.791. The topological polar surface area (TPSA) is 55.1 Å². The third kappa shape index (κ3) is 5.16. The monoisotopic (exact) mass is 288 g/mol. The Morgan fingerprint density at radius 2 is 1.89 bits per heavy atom. The zero-order valence-corrected chi connectivity index (χ0v) is 11.7. The van der Waals surface area contributed by atoms with Gasteiger partial charge in [-0.05, 0) is 30.2 Å². The van der Waals surface area contributed by atoms with Gasteiger partial charge in [-0.1, -0.05) is 25.6 Å². The Morgan fingerprint density at radius 3 is 2.32 bits per heavy atom. The maximum Gasteiger partial charge on any atom is 0.288 e. The van der Waals surface area contributed by atoms with Crippen molar-refractivity contribution >= 4 is 23.4 Å². The molecule has 0 saturated carbocycles. The summed E-state index contributed by atoms with van der Waals surface area (Å²) in [6.07, 6.45) is 0. The van der Waals surface area contributed by atoms with Crippen molar-refractivity contribution in [3.8, 4) is 0 Å². The van der Waals surface area contributed by atoms with Gasteiger partial charge >= 0.3 is 0 Å². The van der Waals surface area contributed by atoms with E-state index < -0.39 is 5.76 Å². The fourth-order valence-electron chi connectivity index (χ4n) is 1.64. The van der Waals surface area contributed by atoms with Crippen molar-refractivity contribution in [1.82, 2.24) is 0 Å². The molecule has 1 aromatic carbocycles. The maximum absolute atomic E-state index is 12.2. The van der Waals surface area contributed by atoms with Gasteiger partial charge in [0.1, 0.15) is 0 Å². The highest BCUT2D eigenvalue weighted by molar-refractivity contribution is 7.99. The Bertz CT molecular complexity index is 410. The van der Waals surface area contributed by atoms with Crippen LogP contribution in [-0.2, 0) is 4.79 Å². The average Bonchev–Trinajstić information content (AvgIpc) is 2.31. The van der Waals surface area contributed by atoms with Crippen LogP contribution in [0, 0.1) is 11.8 Å². The summed E-state index contributed by atoms with van der Waals surface area (Å²) in [5, 5.41) is 2.74. The Morgan fingerprint density at radius 1 is 1.32 bits per heavy atom. The lowest BCUT2D eigenvalue weighted by atomic mass is 9.95. The van der Waals surface area contributed by atoms with Gasteiger partial charge in [0, 0.05) is 17.1 Å². The molecule has 3 nitrogen and oxygen atoms in total. The summed E-state index contributed by atoms with van der Waals surface area (Å²) in [6, 6.07) is 6.32. The van der Waals surface area contributed by atoms with E-state index in [4.69, 9.17) is 5.73 Å². The predicted octanol–water partition coefficient (Wildman–Crippen LogP) is 3.17. The summed E-state index contributed by atoms with van der Waals surface area (Å²) in [5.74, 6) is -2.69. The zero-order valence-electron chi connectivity index (χ0n) is 10.9. The van der Waals surface area contributed by atoms with Crippen LogP contribution in [0.3, 0.4) is 0 Å². The Balaban J connectivity index is 2.64. The molecule has 0 saturated heterocycles. The second-order valence-corrected chi connectivity index (χ2v) is 5.54. The molecule has 19 heavy (non-hydrogen) atoms. The van der Waals surface area contributed by atoms with Crippen LogP contribution in [0.2, 0.25) is 0 Å². The second-order valence-electron chi connectivity index (χ2n) is 4.48. The molecule has 1 amide bonds. The van der Waals surface area contributed by atoms with E-state index in [0.29, 0.717) is 22.3 Å². The lowest BCUT2D eigenvalue weighted by Crippen LogP contribution is -2.33. The van der Waals surface area contributed by atoms with E-state index in [-0.39, 0.29) is 24.3 Å². The number of anilines is 1. The van der Waals surface area contributed by atoms with Crippen molar-refractivity contribution in [1.29, 1.82) is 0 Å². The van der Waals surface area contributed by atoms with Crippen LogP contribution in [0.4, 0.5) is 14.5 Å². The molecule has 0 aliphatic carbocycles. The number of amides is 1. The first-order valence-electron chi connectivity index (χ1n) is 5.99. The van der Waals surface area contributed by atoms with E-state index in [1.165, 1.54) is 0 Å². The molecule has 1 aromatic rings. The SMILES string of the molecule is CC(C)C(CN)C(=O)Nc1ccc(SC(F)F)cc1. The summed E-state index contributed by atoms with van der Waals surface area (Å²) < 4.78 is 24.3. The lowest BCUT2D eigenvalue weighted by molar-refractivity contribution is -0.120. The third-order valence-electron chi connectivity index (χ3n) is 2.74. The summed E-state index contributed by atoms with van der Waals surface area (Å²) >= 11 is 0.476. The summed E-state index contributed by atoms with van der Waals surface area (Å²) in [4.78, 5) is 12.4. The minimum absolute atomic E-state index is 0.147. The lowest BCUT2D eigenvalue weighted by Gasteiger charge is -2.18. The predicted molar refractivity (Wildman–Crippen MR) is 74.3 cm³/mol. The first-order chi connectivity index (χ1) is 8.93. The van der Waals surface area contributed by atoms with Crippen molar-refractivity contribution < 1.29 is 13.6 Å². The van der Waals surface area contributed by atoms with Gasteiger partial charge in [0.25, 0.3) is 5.76 Å². The van der Waals surface area contributed by atoms with E-state index >= 15 is 0 Å². The van der Waals surface area contributed by atoms with Crippen molar-refractivity contribution in [2.24, 2.45) is 17.6 Å². The van der Waals surface area contributed by atoms with Crippen LogP contribution in [0.1, 0.15) is 13.8 Å².